The zero-order valence-corrected chi connectivity index (χ0v) is 19.7. The number of carbonyl (C=O) groups excluding carboxylic acids is 1. The van der Waals surface area contributed by atoms with Crippen molar-refractivity contribution in [3.8, 4) is 0 Å². The Bertz CT molecular complexity index is 772. The third kappa shape index (κ3) is 8.30. The van der Waals surface area contributed by atoms with Gasteiger partial charge in [0.25, 0.3) is 5.91 Å². The molecule has 2 saturated heterocycles. The fourth-order valence-electron chi connectivity index (χ4n) is 4.80. The first kappa shape index (κ1) is 27.1. The van der Waals surface area contributed by atoms with E-state index in [1.165, 1.54) is 36.9 Å². The van der Waals surface area contributed by atoms with Crippen LogP contribution in [0.1, 0.15) is 53.6 Å². The summed E-state index contributed by atoms with van der Waals surface area (Å²) >= 11 is 0. The van der Waals surface area contributed by atoms with Gasteiger partial charge in [-0.05, 0) is 64.1 Å². The summed E-state index contributed by atoms with van der Waals surface area (Å²) in [5.41, 5.74) is 3.18. The number of piperidine rings is 2. The van der Waals surface area contributed by atoms with Crippen LogP contribution >= 0.6 is 0 Å². The maximum absolute atomic E-state index is 12.9. The van der Waals surface area contributed by atoms with Crippen molar-refractivity contribution >= 4 is 11.9 Å². The summed E-state index contributed by atoms with van der Waals surface area (Å²) in [6.45, 7) is 8.98. The third-order valence-corrected chi connectivity index (χ3v) is 6.33. The minimum absolute atomic E-state index is 0.204. The molecule has 2 aliphatic heterocycles. The van der Waals surface area contributed by atoms with E-state index in [1.54, 1.807) is 7.11 Å². The average Bonchev–Trinajstić information content (AvgIpc) is 2.76. The van der Waals surface area contributed by atoms with E-state index < -0.39 is 12.1 Å². The number of alkyl halides is 3. The summed E-state index contributed by atoms with van der Waals surface area (Å²) < 4.78 is 37.0. The molecule has 9 heteroatoms. The second-order valence-corrected chi connectivity index (χ2v) is 8.90. The lowest BCUT2D eigenvalue weighted by atomic mass is 9.83. The molecule has 2 aliphatic rings. The summed E-state index contributed by atoms with van der Waals surface area (Å²) in [7, 11) is 1.79. The Morgan fingerprint density at radius 3 is 2.12 bits per heavy atom. The molecule has 33 heavy (non-hydrogen) atoms. The summed E-state index contributed by atoms with van der Waals surface area (Å²) in [4.78, 5) is 26.5. The molecule has 1 atom stereocenters. The van der Waals surface area contributed by atoms with E-state index in [4.69, 9.17) is 14.6 Å². The predicted molar refractivity (Wildman–Crippen MR) is 119 cm³/mol. The second kappa shape index (κ2) is 12.4. The van der Waals surface area contributed by atoms with Gasteiger partial charge in [-0.3, -0.25) is 9.69 Å². The quantitative estimate of drug-likeness (QED) is 0.692. The maximum atomic E-state index is 12.9. The van der Waals surface area contributed by atoms with Gasteiger partial charge in [-0.2, -0.15) is 13.2 Å². The van der Waals surface area contributed by atoms with Gasteiger partial charge in [-0.15, -0.1) is 0 Å². The maximum Gasteiger partial charge on any atom is 0.490 e. The number of carboxylic acid groups (broad SMARTS) is 1. The Kier molecular flexibility index (Phi) is 10.2. The summed E-state index contributed by atoms with van der Waals surface area (Å²) in [6.07, 6.45) is 1.13. The molecule has 0 saturated carbocycles. The lowest BCUT2D eigenvalue weighted by molar-refractivity contribution is -0.192. The molecule has 6 nitrogen and oxygen atoms in total. The van der Waals surface area contributed by atoms with E-state index in [0.717, 1.165) is 50.6 Å². The highest BCUT2D eigenvalue weighted by molar-refractivity contribution is 5.94. The van der Waals surface area contributed by atoms with Crippen molar-refractivity contribution in [1.29, 1.82) is 0 Å². The highest BCUT2D eigenvalue weighted by atomic mass is 19.4. The van der Waals surface area contributed by atoms with Gasteiger partial charge in [0.05, 0.1) is 6.61 Å². The first-order valence-corrected chi connectivity index (χ1v) is 11.4. The predicted octanol–water partition coefficient (Wildman–Crippen LogP) is 4.29. The van der Waals surface area contributed by atoms with E-state index in [1.807, 2.05) is 12.1 Å². The molecule has 0 radical (unpaired) electrons. The molecule has 3 rings (SSSR count). The number of ether oxygens (including phenoxy) is 1. The van der Waals surface area contributed by atoms with Crippen molar-refractivity contribution in [2.45, 2.75) is 58.2 Å². The van der Waals surface area contributed by atoms with Crippen LogP contribution in [0.2, 0.25) is 0 Å². The first-order valence-electron chi connectivity index (χ1n) is 11.4. The number of aryl methyl sites for hydroxylation is 2. The van der Waals surface area contributed by atoms with Crippen LogP contribution in [0, 0.1) is 19.8 Å². The van der Waals surface area contributed by atoms with Crippen LogP contribution in [0.3, 0.4) is 0 Å². The summed E-state index contributed by atoms with van der Waals surface area (Å²) in [5, 5.41) is 7.12. The number of methoxy groups -OCH3 is 1. The Labute approximate surface area is 193 Å². The molecule has 0 bridgehead atoms. The number of carboxylic acids is 1. The molecule has 2 heterocycles. The summed E-state index contributed by atoms with van der Waals surface area (Å²) in [6, 6.07) is 6.85. The van der Waals surface area contributed by atoms with Crippen molar-refractivity contribution < 1.29 is 32.6 Å². The normalized spacial score (nSPS) is 20.2. The zero-order chi connectivity index (χ0) is 24.6. The van der Waals surface area contributed by atoms with Crippen molar-refractivity contribution in [2.24, 2.45) is 5.92 Å². The van der Waals surface area contributed by atoms with E-state index in [-0.39, 0.29) is 5.91 Å². The molecule has 2 fully saturated rings. The SMILES string of the molecule is COCCN1CCCCC1C1CCN(C(=O)c2cc(C)cc(C)c2)CC1.O=C(O)C(F)(F)F. The van der Waals surface area contributed by atoms with Gasteiger partial charge in [-0.1, -0.05) is 23.6 Å². The number of rotatable bonds is 5. The molecule has 0 aliphatic carbocycles. The molecule has 186 valence electrons. The molecule has 1 N–H and O–H groups in total. The van der Waals surface area contributed by atoms with Gasteiger partial charge in [0.15, 0.2) is 0 Å². The Morgan fingerprint density at radius 1 is 1.03 bits per heavy atom. The number of halogens is 3. The molecular formula is C24H35F3N2O4. The number of likely N-dealkylation sites (tertiary alicyclic amines) is 2. The molecule has 1 amide bonds. The smallest absolute Gasteiger partial charge is 0.475 e. The van der Waals surface area contributed by atoms with Crippen molar-refractivity contribution in [1.82, 2.24) is 9.80 Å². The van der Waals surface area contributed by atoms with Crippen LogP contribution in [0.5, 0.6) is 0 Å². The van der Waals surface area contributed by atoms with E-state index >= 15 is 0 Å². The van der Waals surface area contributed by atoms with Gasteiger partial charge in [0.1, 0.15) is 0 Å². The van der Waals surface area contributed by atoms with E-state index in [9.17, 15) is 18.0 Å². The number of carbonyl (C=O) groups is 2. The fourth-order valence-corrected chi connectivity index (χ4v) is 4.80. The second-order valence-electron chi connectivity index (χ2n) is 8.90. The van der Waals surface area contributed by atoms with Gasteiger partial charge in [0.2, 0.25) is 0 Å². The number of benzene rings is 1. The summed E-state index contributed by atoms with van der Waals surface area (Å²) in [5.74, 6) is -1.84. The van der Waals surface area contributed by atoms with Crippen molar-refractivity contribution in [3.63, 3.8) is 0 Å². The van der Waals surface area contributed by atoms with E-state index in [2.05, 4.69) is 29.7 Å². The number of aliphatic carboxylic acids is 1. The lowest BCUT2D eigenvalue weighted by Crippen LogP contribution is -2.49. The molecule has 0 spiro atoms. The highest BCUT2D eigenvalue weighted by Crippen LogP contribution is 2.31. The standard InChI is InChI=1S/C22H34N2O2.C2HF3O2/c1-17-14-18(2)16-20(15-17)22(25)24-10-7-19(8-11-24)21-6-4-5-9-23(21)12-13-26-3;3-2(4,5)1(6)7/h14-16,19,21H,4-13H2,1-3H3;(H,6,7). The average molecular weight is 473 g/mol. The van der Waals surface area contributed by atoms with Gasteiger partial charge >= 0.3 is 12.1 Å². The van der Waals surface area contributed by atoms with Crippen LogP contribution < -0.4 is 0 Å². The van der Waals surface area contributed by atoms with Gasteiger partial charge in [-0.25, -0.2) is 4.79 Å². The minimum Gasteiger partial charge on any atom is -0.475 e. The van der Waals surface area contributed by atoms with Crippen molar-refractivity contribution in [2.75, 3.05) is 39.9 Å². The Morgan fingerprint density at radius 2 is 1.61 bits per heavy atom. The van der Waals surface area contributed by atoms with Crippen LogP contribution in [0.15, 0.2) is 18.2 Å². The van der Waals surface area contributed by atoms with Crippen LogP contribution in [0.4, 0.5) is 13.2 Å². The van der Waals surface area contributed by atoms with E-state index in [0.29, 0.717) is 6.04 Å². The van der Waals surface area contributed by atoms with Crippen LogP contribution in [0.25, 0.3) is 0 Å². The Balaban J connectivity index is 0.000000479. The number of hydrogen-bond acceptors (Lipinski definition) is 4. The number of nitrogens with zero attached hydrogens (tertiary/aromatic N) is 2. The third-order valence-electron chi connectivity index (χ3n) is 6.33. The molecule has 1 unspecified atom stereocenters. The lowest BCUT2D eigenvalue weighted by Gasteiger charge is -2.43. The zero-order valence-electron chi connectivity index (χ0n) is 19.7. The Hall–Kier alpha value is -2.13. The molecule has 1 aromatic rings. The molecule has 0 aromatic heterocycles. The number of amides is 1. The van der Waals surface area contributed by atoms with Gasteiger partial charge in [0, 0.05) is 38.3 Å². The van der Waals surface area contributed by atoms with Crippen LogP contribution in [-0.2, 0) is 9.53 Å². The highest BCUT2D eigenvalue weighted by Gasteiger charge is 2.38. The minimum atomic E-state index is -5.08. The molecular weight excluding hydrogens is 437 g/mol. The largest absolute Gasteiger partial charge is 0.490 e. The van der Waals surface area contributed by atoms with Crippen molar-refractivity contribution in [3.05, 3.63) is 34.9 Å². The van der Waals surface area contributed by atoms with Crippen LogP contribution in [-0.4, -0.2) is 78.9 Å². The number of hydrogen-bond donors (Lipinski definition) is 1. The monoisotopic (exact) mass is 472 g/mol. The van der Waals surface area contributed by atoms with Gasteiger partial charge < -0.3 is 14.7 Å². The molecule has 1 aromatic carbocycles. The first-order chi connectivity index (χ1) is 15.5. The fraction of sp³-hybridized carbons (Fsp3) is 0.667. The topological polar surface area (TPSA) is 70.1 Å².